The van der Waals surface area contributed by atoms with Crippen LogP contribution in [0.1, 0.15) is 36.1 Å². The Bertz CT molecular complexity index is 934. The van der Waals surface area contributed by atoms with E-state index in [-0.39, 0.29) is 0 Å². The Hall–Kier alpha value is -2.20. The van der Waals surface area contributed by atoms with Crippen LogP contribution in [0, 0.1) is 18.6 Å². The molecule has 1 N–H and O–H groups in total. The molecule has 0 atom stereocenters. The summed E-state index contributed by atoms with van der Waals surface area (Å²) in [7, 11) is 0. The summed E-state index contributed by atoms with van der Waals surface area (Å²) in [6.45, 7) is 8.64. The van der Waals surface area contributed by atoms with Gasteiger partial charge in [0.05, 0.1) is 5.69 Å². The third-order valence-electron chi connectivity index (χ3n) is 4.63. The first-order valence-electron chi connectivity index (χ1n) is 8.42. The SMILES string of the molecule is CCc1ccc(-n2c(-c3ccc(C)c(CC)c3)n[nH]c2=S)cc1C. The first kappa shape index (κ1) is 16.7. The lowest BCUT2D eigenvalue weighted by Gasteiger charge is -2.11. The number of nitrogens with zero attached hydrogens (tertiary/aromatic N) is 2. The van der Waals surface area contributed by atoms with Crippen molar-refractivity contribution in [3.8, 4) is 17.1 Å². The van der Waals surface area contributed by atoms with E-state index < -0.39 is 0 Å². The number of benzene rings is 2. The second-order valence-corrected chi connectivity index (χ2v) is 6.53. The van der Waals surface area contributed by atoms with Gasteiger partial charge >= 0.3 is 0 Å². The van der Waals surface area contributed by atoms with Gasteiger partial charge in [0, 0.05) is 5.56 Å². The molecule has 2 aromatic carbocycles. The zero-order valence-electron chi connectivity index (χ0n) is 14.7. The van der Waals surface area contributed by atoms with Crippen LogP contribution in [-0.2, 0) is 12.8 Å². The molecule has 1 aromatic heterocycles. The van der Waals surface area contributed by atoms with Crippen molar-refractivity contribution in [2.45, 2.75) is 40.5 Å². The zero-order valence-corrected chi connectivity index (χ0v) is 15.5. The van der Waals surface area contributed by atoms with Crippen molar-refractivity contribution in [1.29, 1.82) is 0 Å². The molecule has 0 saturated carbocycles. The number of aromatic nitrogens is 3. The molecule has 0 fully saturated rings. The Labute approximate surface area is 148 Å². The molecule has 0 aliphatic carbocycles. The predicted molar refractivity (Wildman–Crippen MR) is 102 cm³/mol. The molecule has 0 aliphatic rings. The highest BCUT2D eigenvalue weighted by molar-refractivity contribution is 7.71. The van der Waals surface area contributed by atoms with Crippen molar-refractivity contribution in [3.05, 3.63) is 63.4 Å². The van der Waals surface area contributed by atoms with E-state index in [1.165, 1.54) is 22.3 Å². The van der Waals surface area contributed by atoms with Crippen LogP contribution in [0.2, 0.25) is 0 Å². The molecule has 0 radical (unpaired) electrons. The molecule has 3 rings (SSSR count). The normalized spacial score (nSPS) is 11.0. The summed E-state index contributed by atoms with van der Waals surface area (Å²) in [6.07, 6.45) is 2.04. The van der Waals surface area contributed by atoms with E-state index in [1.54, 1.807) is 0 Å². The highest BCUT2D eigenvalue weighted by atomic mass is 32.1. The van der Waals surface area contributed by atoms with E-state index in [0.717, 1.165) is 29.9 Å². The number of aryl methyl sites for hydroxylation is 4. The Kier molecular flexibility index (Phi) is 4.67. The summed E-state index contributed by atoms with van der Waals surface area (Å²) in [5.74, 6) is 0.860. The Balaban J connectivity index is 2.16. The number of aromatic amines is 1. The topological polar surface area (TPSA) is 33.6 Å². The van der Waals surface area contributed by atoms with Gasteiger partial charge in [-0.1, -0.05) is 32.0 Å². The molecule has 4 heteroatoms. The van der Waals surface area contributed by atoms with Crippen LogP contribution in [0.25, 0.3) is 17.1 Å². The largest absolute Gasteiger partial charge is 0.268 e. The average Bonchev–Trinajstić information content (AvgIpc) is 2.97. The van der Waals surface area contributed by atoms with Crippen molar-refractivity contribution in [2.75, 3.05) is 0 Å². The molecule has 3 aromatic rings. The lowest BCUT2D eigenvalue weighted by molar-refractivity contribution is 1.02. The summed E-state index contributed by atoms with van der Waals surface area (Å²) in [5.41, 5.74) is 7.43. The van der Waals surface area contributed by atoms with E-state index in [0.29, 0.717) is 4.77 Å². The molecule has 0 amide bonds. The van der Waals surface area contributed by atoms with Gasteiger partial charge in [0.15, 0.2) is 10.6 Å². The number of nitrogens with one attached hydrogen (secondary N) is 1. The monoisotopic (exact) mass is 337 g/mol. The number of rotatable bonds is 4. The van der Waals surface area contributed by atoms with Gasteiger partial charge in [0.2, 0.25) is 0 Å². The zero-order chi connectivity index (χ0) is 17.3. The number of H-pyrrole nitrogens is 1. The first-order valence-corrected chi connectivity index (χ1v) is 8.83. The number of hydrogen-bond acceptors (Lipinski definition) is 2. The standard InChI is InChI=1S/C20H23N3S/c1-5-15-9-10-18(11-14(15)4)23-19(21-22-20(23)24)17-8-7-13(3)16(6-2)12-17/h7-12H,5-6H2,1-4H3,(H,22,24). The van der Waals surface area contributed by atoms with Crippen LogP contribution >= 0.6 is 12.2 Å². The van der Waals surface area contributed by atoms with Gasteiger partial charge in [-0.2, -0.15) is 5.10 Å². The molecule has 3 nitrogen and oxygen atoms in total. The van der Waals surface area contributed by atoms with Crippen molar-refractivity contribution in [3.63, 3.8) is 0 Å². The smallest absolute Gasteiger partial charge is 0.200 e. The fourth-order valence-corrected chi connectivity index (χ4v) is 3.37. The van der Waals surface area contributed by atoms with Gasteiger partial charge in [-0.05, 0) is 79.4 Å². The third kappa shape index (κ3) is 2.94. The van der Waals surface area contributed by atoms with E-state index >= 15 is 0 Å². The van der Waals surface area contributed by atoms with Crippen LogP contribution in [0.15, 0.2) is 36.4 Å². The van der Waals surface area contributed by atoms with E-state index in [4.69, 9.17) is 12.2 Å². The van der Waals surface area contributed by atoms with Gasteiger partial charge in [0.1, 0.15) is 0 Å². The Morgan fingerprint density at radius 1 is 0.958 bits per heavy atom. The van der Waals surface area contributed by atoms with Crippen LogP contribution in [0.5, 0.6) is 0 Å². The quantitative estimate of drug-likeness (QED) is 0.652. The van der Waals surface area contributed by atoms with Crippen LogP contribution in [-0.4, -0.2) is 14.8 Å². The summed E-state index contributed by atoms with van der Waals surface area (Å²) < 4.78 is 2.64. The summed E-state index contributed by atoms with van der Waals surface area (Å²) in [6, 6.07) is 13.0. The van der Waals surface area contributed by atoms with E-state index in [1.807, 2.05) is 4.57 Å². The summed E-state index contributed by atoms with van der Waals surface area (Å²) >= 11 is 5.49. The minimum Gasteiger partial charge on any atom is -0.268 e. The predicted octanol–water partition coefficient (Wildman–Crippen LogP) is 5.34. The molecule has 0 saturated heterocycles. The maximum Gasteiger partial charge on any atom is 0.200 e. The molecule has 124 valence electrons. The van der Waals surface area contributed by atoms with Crippen LogP contribution in [0.3, 0.4) is 0 Å². The molecule has 0 spiro atoms. The Morgan fingerprint density at radius 2 is 1.71 bits per heavy atom. The van der Waals surface area contributed by atoms with Crippen LogP contribution < -0.4 is 0 Å². The number of hydrogen-bond donors (Lipinski definition) is 1. The molecule has 0 bridgehead atoms. The minimum absolute atomic E-state index is 0.618. The summed E-state index contributed by atoms with van der Waals surface area (Å²) in [5, 5.41) is 7.44. The van der Waals surface area contributed by atoms with Crippen molar-refractivity contribution in [1.82, 2.24) is 14.8 Å². The highest BCUT2D eigenvalue weighted by Crippen LogP contribution is 2.25. The second kappa shape index (κ2) is 6.73. The first-order chi connectivity index (χ1) is 11.5. The molecular formula is C20H23N3S. The second-order valence-electron chi connectivity index (χ2n) is 6.15. The van der Waals surface area contributed by atoms with Crippen molar-refractivity contribution in [2.24, 2.45) is 0 Å². The Morgan fingerprint density at radius 3 is 2.38 bits per heavy atom. The van der Waals surface area contributed by atoms with Gasteiger partial charge in [-0.25, -0.2) is 0 Å². The molecule has 24 heavy (non-hydrogen) atoms. The summed E-state index contributed by atoms with van der Waals surface area (Å²) in [4.78, 5) is 0. The lowest BCUT2D eigenvalue weighted by Crippen LogP contribution is -2.00. The molecule has 1 heterocycles. The van der Waals surface area contributed by atoms with Gasteiger partial charge < -0.3 is 0 Å². The van der Waals surface area contributed by atoms with Crippen molar-refractivity contribution >= 4 is 12.2 Å². The third-order valence-corrected chi connectivity index (χ3v) is 4.90. The van der Waals surface area contributed by atoms with Crippen molar-refractivity contribution < 1.29 is 0 Å². The maximum absolute atomic E-state index is 5.49. The highest BCUT2D eigenvalue weighted by Gasteiger charge is 2.12. The van der Waals surface area contributed by atoms with E-state index in [2.05, 4.69) is 74.3 Å². The molecular weight excluding hydrogens is 314 g/mol. The van der Waals surface area contributed by atoms with Gasteiger partial charge in [-0.15, -0.1) is 0 Å². The maximum atomic E-state index is 5.49. The lowest BCUT2D eigenvalue weighted by atomic mass is 10.0. The van der Waals surface area contributed by atoms with Gasteiger partial charge in [0.25, 0.3) is 0 Å². The van der Waals surface area contributed by atoms with E-state index in [9.17, 15) is 0 Å². The average molecular weight is 337 g/mol. The minimum atomic E-state index is 0.618. The van der Waals surface area contributed by atoms with Crippen LogP contribution in [0.4, 0.5) is 0 Å². The molecule has 0 aliphatic heterocycles. The fourth-order valence-electron chi connectivity index (χ4n) is 3.14. The van der Waals surface area contributed by atoms with Gasteiger partial charge in [-0.3, -0.25) is 9.67 Å². The fraction of sp³-hybridized carbons (Fsp3) is 0.300. The molecule has 0 unspecified atom stereocenters.